The van der Waals surface area contributed by atoms with Crippen molar-refractivity contribution in [1.29, 1.82) is 15.8 Å². The van der Waals surface area contributed by atoms with Crippen LogP contribution in [-0.4, -0.2) is 28.3 Å². The minimum atomic E-state index is -0.125. The number of nitrogen functional groups attached to an aromatic ring is 1. The molecule has 2 rings (SSSR count). The average molecular weight is 267 g/mol. The summed E-state index contributed by atoms with van der Waals surface area (Å²) in [5, 5.41) is 27.1. The van der Waals surface area contributed by atoms with Gasteiger partial charge in [-0.15, -0.1) is 0 Å². The molecule has 2 aromatic heterocycles. The molecule has 2 N–H and O–H groups in total. The van der Waals surface area contributed by atoms with Gasteiger partial charge in [-0.3, -0.25) is 0 Å². The largest absolute Gasteiger partial charge is 0.384 e. The molecule has 2 aromatic rings. The Hall–Kier alpha value is -3.15. The molecule has 8 heteroatoms. The fourth-order valence-corrected chi connectivity index (χ4v) is 1.83. The zero-order valence-electron chi connectivity index (χ0n) is 10.6. The van der Waals surface area contributed by atoms with E-state index in [1.54, 1.807) is 16.7 Å². The van der Waals surface area contributed by atoms with E-state index in [9.17, 15) is 0 Å². The van der Waals surface area contributed by atoms with Crippen molar-refractivity contribution in [3.05, 3.63) is 17.0 Å². The molecule has 8 nitrogen and oxygen atoms in total. The standard InChI is InChI=1S/C12H9N7O/c1-20-3-2-19-11(16)7(4-13)10-12(19)18-9(6-15)8(5-14)17-10/h2-3,16H2,1H3. The van der Waals surface area contributed by atoms with Gasteiger partial charge in [0.05, 0.1) is 6.61 Å². The van der Waals surface area contributed by atoms with Gasteiger partial charge in [-0.1, -0.05) is 0 Å². The highest BCUT2D eigenvalue weighted by Gasteiger charge is 2.20. The second-order valence-corrected chi connectivity index (χ2v) is 3.83. The quantitative estimate of drug-likeness (QED) is 0.842. The average Bonchev–Trinajstić information content (AvgIpc) is 2.73. The van der Waals surface area contributed by atoms with Gasteiger partial charge in [0.1, 0.15) is 35.1 Å². The molecule has 0 aliphatic rings. The molecule has 0 fully saturated rings. The van der Waals surface area contributed by atoms with Crippen molar-refractivity contribution in [1.82, 2.24) is 14.5 Å². The molecular formula is C12H9N7O. The Morgan fingerprint density at radius 1 is 1.15 bits per heavy atom. The molecule has 0 atom stereocenters. The van der Waals surface area contributed by atoms with Crippen LogP contribution < -0.4 is 5.73 Å². The number of ether oxygens (including phenoxy) is 1. The van der Waals surface area contributed by atoms with Crippen LogP contribution in [0.25, 0.3) is 11.2 Å². The van der Waals surface area contributed by atoms with E-state index in [-0.39, 0.29) is 28.3 Å². The summed E-state index contributed by atoms with van der Waals surface area (Å²) in [6, 6.07) is 5.53. The van der Waals surface area contributed by atoms with Gasteiger partial charge in [0.25, 0.3) is 0 Å². The topological polar surface area (TPSA) is 137 Å². The van der Waals surface area contributed by atoms with Gasteiger partial charge < -0.3 is 15.0 Å². The number of anilines is 1. The lowest BCUT2D eigenvalue weighted by Crippen LogP contribution is -2.09. The Bertz CT molecular complexity index is 801. The van der Waals surface area contributed by atoms with Crippen molar-refractivity contribution in [3.8, 4) is 18.2 Å². The summed E-state index contributed by atoms with van der Waals surface area (Å²) in [5.41, 5.74) is 6.33. The third-order valence-corrected chi connectivity index (χ3v) is 2.76. The lowest BCUT2D eigenvalue weighted by Gasteiger charge is -2.05. The van der Waals surface area contributed by atoms with E-state index in [1.807, 2.05) is 6.07 Å². The lowest BCUT2D eigenvalue weighted by molar-refractivity contribution is 0.189. The molecule has 0 aromatic carbocycles. The molecule has 0 aliphatic heterocycles. The third kappa shape index (κ3) is 1.89. The number of rotatable bonds is 3. The van der Waals surface area contributed by atoms with Crippen LogP contribution in [0, 0.1) is 34.0 Å². The number of aromatic nitrogens is 3. The molecular weight excluding hydrogens is 258 g/mol. The number of nitrogens with two attached hydrogens (primary N) is 1. The Morgan fingerprint density at radius 2 is 1.80 bits per heavy atom. The van der Waals surface area contributed by atoms with Gasteiger partial charge in [0.2, 0.25) is 0 Å². The summed E-state index contributed by atoms with van der Waals surface area (Å²) in [5.74, 6) is 0.193. The van der Waals surface area contributed by atoms with E-state index >= 15 is 0 Å². The highest BCUT2D eigenvalue weighted by molar-refractivity contribution is 5.86. The first-order chi connectivity index (χ1) is 9.67. The van der Waals surface area contributed by atoms with Crippen molar-refractivity contribution < 1.29 is 4.74 Å². The number of hydrogen-bond donors (Lipinski definition) is 1. The summed E-state index contributed by atoms with van der Waals surface area (Å²) in [6.07, 6.45) is 0. The zero-order chi connectivity index (χ0) is 14.7. The minimum Gasteiger partial charge on any atom is -0.384 e. The fraction of sp³-hybridized carbons (Fsp3) is 0.250. The van der Waals surface area contributed by atoms with Crippen LogP contribution in [0.4, 0.5) is 5.82 Å². The van der Waals surface area contributed by atoms with Crippen LogP contribution in [0.15, 0.2) is 0 Å². The summed E-state index contributed by atoms with van der Waals surface area (Å²) in [7, 11) is 1.53. The van der Waals surface area contributed by atoms with Crippen LogP contribution in [0.2, 0.25) is 0 Å². The molecule has 98 valence electrons. The Labute approximate surface area is 114 Å². The van der Waals surface area contributed by atoms with Gasteiger partial charge in [0, 0.05) is 13.7 Å². The lowest BCUT2D eigenvalue weighted by atomic mass is 10.3. The Kier molecular flexibility index (Phi) is 3.47. The van der Waals surface area contributed by atoms with Gasteiger partial charge in [-0.2, -0.15) is 15.8 Å². The third-order valence-electron chi connectivity index (χ3n) is 2.76. The number of fused-ring (bicyclic) bond motifs is 1. The summed E-state index contributed by atoms with van der Waals surface area (Å²) >= 11 is 0. The van der Waals surface area contributed by atoms with E-state index in [0.29, 0.717) is 18.8 Å². The van der Waals surface area contributed by atoms with Gasteiger partial charge in [-0.25, -0.2) is 9.97 Å². The molecule has 2 heterocycles. The molecule has 0 unspecified atom stereocenters. The summed E-state index contributed by atoms with van der Waals surface area (Å²) < 4.78 is 6.52. The van der Waals surface area contributed by atoms with E-state index < -0.39 is 0 Å². The van der Waals surface area contributed by atoms with E-state index in [0.717, 1.165) is 0 Å². The highest BCUT2D eigenvalue weighted by Crippen LogP contribution is 2.25. The minimum absolute atomic E-state index is 0.0966. The van der Waals surface area contributed by atoms with Crippen LogP contribution in [0.1, 0.15) is 17.0 Å². The van der Waals surface area contributed by atoms with E-state index in [4.69, 9.17) is 26.3 Å². The first-order valence-corrected chi connectivity index (χ1v) is 5.56. The predicted octanol–water partition coefficient (Wildman–Crippen LogP) is 0.275. The maximum Gasteiger partial charge on any atom is 0.179 e. The smallest absolute Gasteiger partial charge is 0.179 e. The van der Waals surface area contributed by atoms with Crippen molar-refractivity contribution in [2.24, 2.45) is 0 Å². The molecule has 0 saturated carbocycles. The maximum absolute atomic E-state index is 9.16. The van der Waals surface area contributed by atoms with Crippen LogP contribution in [0.3, 0.4) is 0 Å². The van der Waals surface area contributed by atoms with Gasteiger partial charge in [-0.05, 0) is 0 Å². The van der Waals surface area contributed by atoms with Crippen molar-refractivity contribution in [2.45, 2.75) is 6.54 Å². The molecule has 0 amide bonds. The Balaban J connectivity index is 2.82. The first-order valence-electron chi connectivity index (χ1n) is 5.56. The second kappa shape index (κ2) is 5.23. The normalized spacial score (nSPS) is 9.90. The zero-order valence-corrected chi connectivity index (χ0v) is 10.6. The molecule has 0 bridgehead atoms. The molecule has 0 saturated heterocycles. The molecule has 0 radical (unpaired) electrons. The Morgan fingerprint density at radius 3 is 2.35 bits per heavy atom. The van der Waals surface area contributed by atoms with E-state index in [1.165, 1.54) is 7.11 Å². The molecule has 20 heavy (non-hydrogen) atoms. The van der Waals surface area contributed by atoms with Crippen molar-refractivity contribution >= 4 is 17.0 Å². The van der Waals surface area contributed by atoms with Crippen molar-refractivity contribution in [3.63, 3.8) is 0 Å². The molecule has 0 spiro atoms. The SMILES string of the molecule is COCCn1c(N)c(C#N)c2nc(C#N)c(C#N)nc21. The van der Waals surface area contributed by atoms with Crippen LogP contribution >= 0.6 is 0 Å². The van der Waals surface area contributed by atoms with Gasteiger partial charge in [0.15, 0.2) is 17.0 Å². The second-order valence-electron chi connectivity index (χ2n) is 3.83. The maximum atomic E-state index is 9.16. The highest BCUT2D eigenvalue weighted by atomic mass is 16.5. The number of nitrogens with zero attached hydrogens (tertiary/aromatic N) is 6. The van der Waals surface area contributed by atoms with Crippen LogP contribution in [0.5, 0.6) is 0 Å². The number of hydrogen-bond acceptors (Lipinski definition) is 7. The van der Waals surface area contributed by atoms with E-state index in [2.05, 4.69) is 9.97 Å². The number of nitriles is 3. The fourth-order valence-electron chi connectivity index (χ4n) is 1.83. The monoisotopic (exact) mass is 267 g/mol. The van der Waals surface area contributed by atoms with Crippen LogP contribution in [-0.2, 0) is 11.3 Å². The molecule has 0 aliphatic carbocycles. The summed E-state index contributed by atoms with van der Waals surface area (Å²) in [6.45, 7) is 0.731. The first kappa shape index (κ1) is 13.3. The van der Waals surface area contributed by atoms with Crippen molar-refractivity contribution in [2.75, 3.05) is 19.5 Å². The summed E-state index contributed by atoms with van der Waals surface area (Å²) in [4.78, 5) is 8.09. The predicted molar refractivity (Wildman–Crippen MR) is 68.0 cm³/mol. The van der Waals surface area contributed by atoms with Gasteiger partial charge >= 0.3 is 0 Å². The number of methoxy groups -OCH3 is 1.